The number of nitrogens with zero attached hydrogens (tertiary/aromatic N) is 2. The predicted molar refractivity (Wildman–Crippen MR) is 81.4 cm³/mol. The zero-order valence-electron chi connectivity index (χ0n) is 11.6. The summed E-state index contributed by atoms with van der Waals surface area (Å²) in [5.41, 5.74) is 2.71. The van der Waals surface area contributed by atoms with Gasteiger partial charge in [-0.25, -0.2) is 4.98 Å². The second-order valence-electron chi connectivity index (χ2n) is 5.14. The molecule has 0 unspecified atom stereocenters. The van der Waals surface area contributed by atoms with Crippen molar-refractivity contribution in [2.24, 2.45) is 0 Å². The molecule has 0 spiro atoms. The molecule has 0 amide bonds. The topological polar surface area (TPSA) is 34.9 Å². The maximum atomic E-state index is 12.3. The number of benzene rings is 1. The molecule has 0 aliphatic rings. The average Bonchev–Trinajstić information content (AvgIpc) is 2.47. The highest BCUT2D eigenvalue weighted by molar-refractivity contribution is 5.76. The van der Waals surface area contributed by atoms with E-state index in [-0.39, 0.29) is 5.56 Å². The number of pyridine rings is 2. The Morgan fingerprint density at radius 3 is 2.60 bits per heavy atom. The van der Waals surface area contributed by atoms with Crippen LogP contribution >= 0.6 is 0 Å². The highest BCUT2D eigenvalue weighted by atomic mass is 16.1. The van der Waals surface area contributed by atoms with Crippen molar-refractivity contribution in [2.75, 3.05) is 0 Å². The van der Waals surface area contributed by atoms with Crippen molar-refractivity contribution in [2.45, 2.75) is 19.8 Å². The Balaban J connectivity index is 2.41. The van der Waals surface area contributed by atoms with Crippen LogP contribution in [0, 0.1) is 0 Å². The van der Waals surface area contributed by atoms with E-state index >= 15 is 0 Å². The van der Waals surface area contributed by atoms with Gasteiger partial charge < -0.3 is 0 Å². The van der Waals surface area contributed by atoms with Crippen molar-refractivity contribution in [3.63, 3.8) is 0 Å². The van der Waals surface area contributed by atoms with Crippen molar-refractivity contribution in [3.8, 4) is 5.69 Å². The van der Waals surface area contributed by atoms with Crippen LogP contribution in [-0.4, -0.2) is 9.55 Å². The van der Waals surface area contributed by atoms with Gasteiger partial charge in [0.1, 0.15) is 5.65 Å². The summed E-state index contributed by atoms with van der Waals surface area (Å²) in [6, 6.07) is 15.3. The van der Waals surface area contributed by atoms with Gasteiger partial charge in [0.25, 0.3) is 5.56 Å². The standard InChI is InChI=1S/C17H16N2O/c1-12(2)14-7-3-4-8-15(14)19-16(20)10-9-13-6-5-11-18-17(13)19/h3-12H,1-2H3. The van der Waals surface area contributed by atoms with Gasteiger partial charge in [0, 0.05) is 17.6 Å². The van der Waals surface area contributed by atoms with Gasteiger partial charge in [-0.2, -0.15) is 0 Å². The summed E-state index contributed by atoms with van der Waals surface area (Å²) < 4.78 is 1.70. The minimum atomic E-state index is -0.0516. The van der Waals surface area contributed by atoms with Crippen LogP contribution in [0.2, 0.25) is 0 Å². The van der Waals surface area contributed by atoms with E-state index in [0.717, 1.165) is 16.6 Å². The van der Waals surface area contributed by atoms with Crippen LogP contribution < -0.4 is 5.56 Å². The fourth-order valence-electron chi connectivity index (χ4n) is 2.48. The second kappa shape index (κ2) is 4.93. The third-order valence-corrected chi connectivity index (χ3v) is 3.45. The Morgan fingerprint density at radius 2 is 1.80 bits per heavy atom. The lowest BCUT2D eigenvalue weighted by molar-refractivity contribution is 0.843. The summed E-state index contributed by atoms with van der Waals surface area (Å²) in [5.74, 6) is 0.345. The molecule has 0 atom stereocenters. The number of para-hydroxylation sites is 1. The third kappa shape index (κ3) is 2.01. The first-order valence-corrected chi connectivity index (χ1v) is 6.74. The van der Waals surface area contributed by atoms with Gasteiger partial charge >= 0.3 is 0 Å². The smallest absolute Gasteiger partial charge is 0.256 e. The Morgan fingerprint density at radius 1 is 1.00 bits per heavy atom. The quantitative estimate of drug-likeness (QED) is 0.710. The van der Waals surface area contributed by atoms with E-state index in [1.165, 1.54) is 0 Å². The molecule has 100 valence electrons. The molecule has 0 aliphatic carbocycles. The zero-order chi connectivity index (χ0) is 14.1. The molecule has 3 rings (SSSR count). The van der Waals surface area contributed by atoms with Gasteiger partial charge in [0.05, 0.1) is 5.69 Å². The van der Waals surface area contributed by atoms with Crippen LogP contribution in [0.5, 0.6) is 0 Å². The van der Waals surface area contributed by atoms with E-state index in [9.17, 15) is 4.79 Å². The van der Waals surface area contributed by atoms with E-state index in [1.54, 1.807) is 16.8 Å². The van der Waals surface area contributed by atoms with Gasteiger partial charge in [-0.1, -0.05) is 32.0 Å². The fourth-order valence-corrected chi connectivity index (χ4v) is 2.48. The normalized spacial score (nSPS) is 11.2. The van der Waals surface area contributed by atoms with E-state index in [1.807, 2.05) is 36.4 Å². The summed E-state index contributed by atoms with van der Waals surface area (Å²) in [6.07, 6.45) is 1.72. The molecule has 3 nitrogen and oxygen atoms in total. The van der Waals surface area contributed by atoms with E-state index < -0.39 is 0 Å². The fraction of sp³-hybridized carbons (Fsp3) is 0.176. The predicted octanol–water partition coefficient (Wildman–Crippen LogP) is 3.51. The molecule has 0 bridgehead atoms. The molecule has 2 heterocycles. The highest BCUT2D eigenvalue weighted by Gasteiger charge is 2.12. The average molecular weight is 264 g/mol. The van der Waals surface area contributed by atoms with E-state index in [2.05, 4.69) is 24.9 Å². The first-order valence-electron chi connectivity index (χ1n) is 6.74. The molecule has 0 radical (unpaired) electrons. The third-order valence-electron chi connectivity index (χ3n) is 3.45. The maximum absolute atomic E-state index is 12.3. The van der Waals surface area contributed by atoms with Crippen molar-refractivity contribution < 1.29 is 0 Å². The van der Waals surface area contributed by atoms with Crippen LogP contribution in [0.15, 0.2) is 59.5 Å². The first-order chi connectivity index (χ1) is 9.68. The molecular weight excluding hydrogens is 248 g/mol. The number of hydrogen-bond acceptors (Lipinski definition) is 2. The lowest BCUT2D eigenvalue weighted by atomic mass is 10.0. The molecule has 0 saturated carbocycles. The SMILES string of the molecule is CC(C)c1ccccc1-n1c(=O)ccc2cccnc21. The maximum Gasteiger partial charge on any atom is 0.256 e. The Bertz CT molecular complexity index is 818. The van der Waals surface area contributed by atoms with Gasteiger partial charge in [-0.3, -0.25) is 9.36 Å². The summed E-state index contributed by atoms with van der Waals surface area (Å²) >= 11 is 0. The zero-order valence-corrected chi connectivity index (χ0v) is 11.6. The summed E-state index contributed by atoms with van der Waals surface area (Å²) in [4.78, 5) is 16.7. The lowest BCUT2D eigenvalue weighted by Crippen LogP contribution is -2.19. The number of fused-ring (bicyclic) bond motifs is 1. The van der Waals surface area contributed by atoms with Gasteiger partial charge in [0.15, 0.2) is 0 Å². The van der Waals surface area contributed by atoms with Crippen LogP contribution in [0.1, 0.15) is 25.3 Å². The number of hydrogen-bond donors (Lipinski definition) is 0. The highest BCUT2D eigenvalue weighted by Crippen LogP contribution is 2.23. The van der Waals surface area contributed by atoms with Crippen LogP contribution in [0.4, 0.5) is 0 Å². The van der Waals surface area contributed by atoms with Crippen LogP contribution in [0.3, 0.4) is 0 Å². The van der Waals surface area contributed by atoms with Crippen molar-refractivity contribution >= 4 is 11.0 Å². The lowest BCUT2D eigenvalue weighted by Gasteiger charge is -2.15. The molecular formula is C17H16N2O. The molecule has 2 aromatic heterocycles. The van der Waals surface area contributed by atoms with Crippen LogP contribution in [-0.2, 0) is 0 Å². The minimum Gasteiger partial charge on any atom is -0.269 e. The van der Waals surface area contributed by atoms with Gasteiger partial charge in [0.2, 0.25) is 0 Å². The van der Waals surface area contributed by atoms with Crippen molar-refractivity contribution in [3.05, 3.63) is 70.6 Å². The molecule has 0 saturated heterocycles. The summed E-state index contributed by atoms with van der Waals surface area (Å²) in [7, 11) is 0. The molecule has 0 aliphatic heterocycles. The Kier molecular flexibility index (Phi) is 3.11. The second-order valence-corrected chi connectivity index (χ2v) is 5.14. The molecule has 1 aromatic carbocycles. The van der Waals surface area contributed by atoms with Crippen molar-refractivity contribution in [1.82, 2.24) is 9.55 Å². The first kappa shape index (κ1) is 12.6. The number of aromatic nitrogens is 2. The van der Waals surface area contributed by atoms with E-state index in [4.69, 9.17) is 0 Å². The summed E-state index contributed by atoms with van der Waals surface area (Å²) in [6.45, 7) is 4.25. The Hall–Kier alpha value is -2.42. The largest absolute Gasteiger partial charge is 0.269 e. The van der Waals surface area contributed by atoms with Crippen LogP contribution in [0.25, 0.3) is 16.7 Å². The van der Waals surface area contributed by atoms with E-state index in [0.29, 0.717) is 11.6 Å². The molecule has 20 heavy (non-hydrogen) atoms. The number of rotatable bonds is 2. The molecule has 0 N–H and O–H groups in total. The molecule has 0 fully saturated rings. The van der Waals surface area contributed by atoms with Crippen molar-refractivity contribution in [1.29, 1.82) is 0 Å². The summed E-state index contributed by atoms with van der Waals surface area (Å²) in [5, 5.41) is 0.964. The Labute approximate surface area is 117 Å². The minimum absolute atomic E-state index is 0.0516. The van der Waals surface area contributed by atoms with Gasteiger partial charge in [-0.15, -0.1) is 0 Å². The van der Waals surface area contributed by atoms with Gasteiger partial charge in [-0.05, 0) is 35.7 Å². The molecule has 3 heteroatoms. The monoisotopic (exact) mass is 264 g/mol. The molecule has 3 aromatic rings.